The lowest BCUT2D eigenvalue weighted by molar-refractivity contribution is -0.142. The minimum absolute atomic E-state index is 0.301. The third-order valence-electron chi connectivity index (χ3n) is 2.17. The van der Waals surface area contributed by atoms with Crippen LogP contribution in [0.3, 0.4) is 0 Å². The Balaban J connectivity index is 2.58. The summed E-state index contributed by atoms with van der Waals surface area (Å²) in [6, 6.07) is 4.88. The number of methoxy groups -OCH3 is 1. The smallest absolute Gasteiger partial charge is 0.322 e. The van der Waals surface area contributed by atoms with Crippen LogP contribution >= 0.6 is 23.2 Å². The van der Waals surface area contributed by atoms with Crippen molar-refractivity contribution in [2.24, 2.45) is 0 Å². The van der Waals surface area contributed by atoms with Crippen molar-refractivity contribution < 1.29 is 9.53 Å². The predicted octanol–water partition coefficient (Wildman–Crippen LogP) is 2.64. The topological polar surface area (TPSA) is 38.3 Å². The summed E-state index contributed by atoms with van der Waals surface area (Å²) in [4.78, 5) is 11.1. The van der Waals surface area contributed by atoms with Crippen molar-refractivity contribution >= 4 is 29.2 Å². The number of rotatable bonds is 4. The van der Waals surface area contributed by atoms with E-state index in [0.29, 0.717) is 16.6 Å². The fraction of sp³-hybridized carbons (Fsp3) is 0.364. The van der Waals surface area contributed by atoms with Crippen molar-refractivity contribution in [3.8, 4) is 0 Å². The third-order valence-corrected chi connectivity index (χ3v) is 2.76. The van der Waals surface area contributed by atoms with Crippen LogP contribution in [0.25, 0.3) is 0 Å². The van der Waals surface area contributed by atoms with Gasteiger partial charge < -0.3 is 10.1 Å². The lowest BCUT2D eigenvalue weighted by atomic mass is 10.2. The molecule has 0 aliphatic rings. The molecular weight excluding hydrogens is 249 g/mol. The standard InChI is InChI=1S/C11H13Cl2NO2/c1-7(11(15)16-2)14-6-8-3-4-9(12)5-10(8)13/h3-5,7,14H,6H2,1-2H3. The number of nitrogens with one attached hydrogen (secondary N) is 1. The molecule has 0 aromatic heterocycles. The maximum atomic E-state index is 11.1. The Hall–Kier alpha value is -0.770. The summed E-state index contributed by atoms with van der Waals surface area (Å²) in [5.41, 5.74) is 0.891. The van der Waals surface area contributed by atoms with E-state index in [1.54, 1.807) is 19.1 Å². The van der Waals surface area contributed by atoms with Crippen molar-refractivity contribution in [3.05, 3.63) is 33.8 Å². The van der Waals surface area contributed by atoms with Gasteiger partial charge in [0.25, 0.3) is 0 Å². The average molecular weight is 262 g/mol. The number of ether oxygens (including phenoxy) is 1. The van der Waals surface area contributed by atoms with E-state index in [1.165, 1.54) is 7.11 Å². The van der Waals surface area contributed by atoms with Crippen LogP contribution in [0.4, 0.5) is 0 Å². The van der Waals surface area contributed by atoms with Crippen molar-refractivity contribution in [2.75, 3.05) is 7.11 Å². The summed E-state index contributed by atoms with van der Waals surface area (Å²) in [5, 5.41) is 4.18. The summed E-state index contributed by atoms with van der Waals surface area (Å²) >= 11 is 11.8. The first kappa shape index (κ1) is 13.3. The average Bonchev–Trinajstić information content (AvgIpc) is 2.26. The Morgan fingerprint density at radius 1 is 1.50 bits per heavy atom. The number of carbonyl (C=O) groups is 1. The lowest BCUT2D eigenvalue weighted by Gasteiger charge is -2.12. The Labute approximate surface area is 105 Å². The second kappa shape index (κ2) is 6.09. The zero-order valence-electron chi connectivity index (χ0n) is 9.09. The maximum absolute atomic E-state index is 11.1. The molecule has 16 heavy (non-hydrogen) atoms. The molecule has 0 spiro atoms. The largest absolute Gasteiger partial charge is 0.468 e. The number of esters is 1. The highest BCUT2D eigenvalue weighted by Crippen LogP contribution is 2.20. The van der Waals surface area contributed by atoms with Gasteiger partial charge in [0.05, 0.1) is 7.11 Å². The van der Waals surface area contributed by atoms with Gasteiger partial charge in [-0.25, -0.2) is 0 Å². The first-order chi connectivity index (χ1) is 7.54. The maximum Gasteiger partial charge on any atom is 0.322 e. The zero-order chi connectivity index (χ0) is 12.1. The van der Waals surface area contributed by atoms with Gasteiger partial charge in [-0.15, -0.1) is 0 Å². The van der Waals surface area contributed by atoms with Crippen molar-refractivity contribution in [1.82, 2.24) is 5.32 Å². The second-order valence-corrected chi connectivity index (χ2v) is 4.21. The van der Waals surface area contributed by atoms with Gasteiger partial charge in [0, 0.05) is 16.6 Å². The molecule has 1 aromatic rings. The van der Waals surface area contributed by atoms with Crippen LogP contribution in [-0.4, -0.2) is 19.1 Å². The van der Waals surface area contributed by atoms with Crippen LogP contribution < -0.4 is 5.32 Å². The predicted molar refractivity (Wildman–Crippen MR) is 64.8 cm³/mol. The molecular formula is C11H13Cl2NO2. The Morgan fingerprint density at radius 3 is 2.75 bits per heavy atom. The first-order valence-electron chi connectivity index (χ1n) is 4.79. The van der Waals surface area contributed by atoms with Gasteiger partial charge in [-0.3, -0.25) is 4.79 Å². The van der Waals surface area contributed by atoms with Gasteiger partial charge in [0.2, 0.25) is 0 Å². The highest BCUT2D eigenvalue weighted by Gasteiger charge is 2.12. The highest BCUT2D eigenvalue weighted by atomic mass is 35.5. The third kappa shape index (κ3) is 3.67. The minimum atomic E-state index is -0.364. The molecule has 0 saturated heterocycles. The van der Waals surface area contributed by atoms with Crippen LogP contribution in [0.15, 0.2) is 18.2 Å². The zero-order valence-corrected chi connectivity index (χ0v) is 10.6. The summed E-state index contributed by atoms with van der Waals surface area (Å²) in [5.74, 6) is -0.301. The van der Waals surface area contributed by atoms with Crippen LogP contribution in [0.1, 0.15) is 12.5 Å². The van der Waals surface area contributed by atoms with Crippen LogP contribution in [-0.2, 0) is 16.1 Å². The molecule has 1 atom stereocenters. The molecule has 0 heterocycles. The van der Waals surface area contributed by atoms with Gasteiger partial charge in [0.1, 0.15) is 6.04 Å². The Bertz CT molecular complexity index is 382. The number of halogens is 2. The van der Waals surface area contributed by atoms with Crippen molar-refractivity contribution in [3.63, 3.8) is 0 Å². The van der Waals surface area contributed by atoms with Crippen LogP contribution in [0, 0.1) is 0 Å². The van der Waals surface area contributed by atoms with Gasteiger partial charge in [0.15, 0.2) is 0 Å². The Morgan fingerprint density at radius 2 is 2.19 bits per heavy atom. The lowest BCUT2D eigenvalue weighted by Crippen LogP contribution is -2.34. The molecule has 1 unspecified atom stereocenters. The molecule has 1 rings (SSSR count). The molecule has 0 aliphatic carbocycles. The number of benzene rings is 1. The normalized spacial score (nSPS) is 12.2. The molecule has 1 N–H and O–H groups in total. The second-order valence-electron chi connectivity index (χ2n) is 3.36. The van der Waals surface area contributed by atoms with Gasteiger partial charge >= 0.3 is 5.97 Å². The van der Waals surface area contributed by atoms with Crippen molar-refractivity contribution in [2.45, 2.75) is 19.5 Å². The first-order valence-corrected chi connectivity index (χ1v) is 5.55. The fourth-order valence-electron chi connectivity index (χ4n) is 1.19. The van der Waals surface area contributed by atoms with Gasteiger partial charge in [-0.05, 0) is 24.6 Å². The number of hydrogen-bond donors (Lipinski definition) is 1. The molecule has 0 fully saturated rings. The number of carbonyl (C=O) groups excluding carboxylic acids is 1. The molecule has 5 heteroatoms. The molecule has 88 valence electrons. The van der Waals surface area contributed by atoms with E-state index in [4.69, 9.17) is 23.2 Å². The molecule has 0 bridgehead atoms. The molecule has 0 amide bonds. The summed E-state index contributed by atoms with van der Waals surface area (Å²) in [6.07, 6.45) is 0. The molecule has 0 radical (unpaired) electrons. The SMILES string of the molecule is COC(=O)C(C)NCc1ccc(Cl)cc1Cl. The van der Waals surface area contributed by atoms with E-state index in [2.05, 4.69) is 10.1 Å². The van der Waals surface area contributed by atoms with E-state index in [-0.39, 0.29) is 12.0 Å². The van der Waals surface area contributed by atoms with Crippen molar-refractivity contribution in [1.29, 1.82) is 0 Å². The fourth-order valence-corrected chi connectivity index (χ4v) is 1.66. The summed E-state index contributed by atoms with van der Waals surface area (Å²) in [7, 11) is 1.36. The van der Waals surface area contributed by atoms with E-state index < -0.39 is 0 Å². The van der Waals surface area contributed by atoms with E-state index in [1.807, 2.05) is 6.07 Å². The minimum Gasteiger partial charge on any atom is -0.468 e. The summed E-state index contributed by atoms with van der Waals surface area (Å²) in [6.45, 7) is 2.22. The van der Waals surface area contributed by atoms with E-state index >= 15 is 0 Å². The quantitative estimate of drug-likeness (QED) is 0.848. The van der Waals surface area contributed by atoms with E-state index in [0.717, 1.165) is 5.56 Å². The van der Waals surface area contributed by atoms with E-state index in [9.17, 15) is 4.79 Å². The molecule has 0 saturated carbocycles. The van der Waals surface area contributed by atoms with Gasteiger partial charge in [-0.1, -0.05) is 29.3 Å². The Kier molecular flexibility index (Phi) is 5.06. The monoisotopic (exact) mass is 261 g/mol. The molecule has 1 aromatic carbocycles. The highest BCUT2D eigenvalue weighted by molar-refractivity contribution is 6.35. The van der Waals surface area contributed by atoms with Gasteiger partial charge in [-0.2, -0.15) is 0 Å². The summed E-state index contributed by atoms with van der Waals surface area (Å²) < 4.78 is 4.59. The molecule has 0 aliphatic heterocycles. The van der Waals surface area contributed by atoms with Crippen LogP contribution in [0.5, 0.6) is 0 Å². The number of hydrogen-bond acceptors (Lipinski definition) is 3. The molecule has 3 nitrogen and oxygen atoms in total. The van der Waals surface area contributed by atoms with Crippen LogP contribution in [0.2, 0.25) is 10.0 Å².